The summed E-state index contributed by atoms with van der Waals surface area (Å²) in [7, 11) is 0. The van der Waals surface area contributed by atoms with Crippen molar-refractivity contribution >= 4 is 35.2 Å². The number of fused-ring (bicyclic) bond motifs is 1. The first-order chi connectivity index (χ1) is 14.1. The van der Waals surface area contributed by atoms with Crippen LogP contribution in [-0.2, 0) is 14.4 Å². The van der Waals surface area contributed by atoms with Gasteiger partial charge in [0.25, 0.3) is 0 Å². The van der Waals surface area contributed by atoms with Crippen LogP contribution in [0.15, 0.2) is 24.3 Å². The summed E-state index contributed by atoms with van der Waals surface area (Å²) in [6.07, 6.45) is 0.847. The van der Waals surface area contributed by atoms with E-state index >= 15 is 0 Å². The fraction of sp³-hybridized carbons (Fsp3) is 0.524. The Balaban J connectivity index is 2.20. The van der Waals surface area contributed by atoms with Crippen LogP contribution in [0.2, 0.25) is 0 Å². The molecule has 164 valence electrons. The van der Waals surface area contributed by atoms with Crippen LogP contribution < -0.4 is 26.0 Å². The van der Waals surface area contributed by atoms with E-state index in [4.69, 9.17) is 0 Å². The molecule has 0 saturated carbocycles. The summed E-state index contributed by atoms with van der Waals surface area (Å²) in [5, 5.41) is 19.3. The number of carboxylic acids is 1. The summed E-state index contributed by atoms with van der Waals surface area (Å²) in [6, 6.07) is 4.14. The highest BCUT2D eigenvalue weighted by Crippen LogP contribution is 2.28. The van der Waals surface area contributed by atoms with E-state index in [1.807, 2.05) is 20.8 Å². The first-order valence-electron chi connectivity index (χ1n) is 10.1. The summed E-state index contributed by atoms with van der Waals surface area (Å²) in [5.74, 6) is -2.58. The van der Waals surface area contributed by atoms with E-state index in [0.717, 1.165) is 0 Å². The Bertz CT molecular complexity index is 810. The highest BCUT2D eigenvalue weighted by atomic mass is 16.4. The van der Waals surface area contributed by atoms with Crippen LogP contribution in [0.1, 0.15) is 40.5 Å². The Morgan fingerprint density at radius 2 is 1.83 bits per heavy atom. The topological polar surface area (TPSA) is 131 Å². The third-order valence-electron chi connectivity index (χ3n) is 5.10. The zero-order chi connectivity index (χ0) is 22.4. The molecule has 1 aromatic rings. The van der Waals surface area contributed by atoms with E-state index in [0.29, 0.717) is 24.2 Å². The fourth-order valence-electron chi connectivity index (χ4n) is 3.27. The molecular formula is C21H29N4O5-. The average Bonchev–Trinajstić information content (AvgIpc) is 2.69. The van der Waals surface area contributed by atoms with Gasteiger partial charge in [-0.15, -0.1) is 0 Å². The van der Waals surface area contributed by atoms with Crippen molar-refractivity contribution in [1.29, 1.82) is 0 Å². The lowest BCUT2D eigenvalue weighted by molar-refractivity contribution is -0.309. The van der Waals surface area contributed by atoms with E-state index in [-0.39, 0.29) is 24.3 Å². The molecule has 0 unspecified atom stereocenters. The van der Waals surface area contributed by atoms with Crippen LogP contribution in [0.25, 0.3) is 0 Å². The predicted molar refractivity (Wildman–Crippen MR) is 111 cm³/mol. The number of anilines is 2. The van der Waals surface area contributed by atoms with Crippen molar-refractivity contribution in [2.45, 2.75) is 52.6 Å². The number of urea groups is 1. The largest absolute Gasteiger partial charge is 0.548 e. The number of amides is 4. The zero-order valence-electron chi connectivity index (χ0n) is 17.7. The number of carbonyl (C=O) groups is 4. The Labute approximate surface area is 176 Å². The third-order valence-corrected chi connectivity index (χ3v) is 5.10. The van der Waals surface area contributed by atoms with Gasteiger partial charge < -0.3 is 25.9 Å². The standard InChI is InChI=1S/C21H30N4O5/c1-5-13(4)18(20(28)29)24-19(27)15(10-12(2)3)23-21(30)25-11-17(26)22-14-8-6-7-9-16(14)25/h6-9,12-13,15,18H,5,10-11H2,1-4H3,(H,22,26)(H,23,30)(H,24,27)(H,28,29)/p-1/t13-,15+,18+/m1/s1. The van der Waals surface area contributed by atoms with Gasteiger partial charge in [-0.05, 0) is 30.4 Å². The normalized spacial score (nSPS) is 16.2. The summed E-state index contributed by atoms with van der Waals surface area (Å²) in [5.41, 5.74) is 1.02. The van der Waals surface area contributed by atoms with Crippen molar-refractivity contribution in [1.82, 2.24) is 10.6 Å². The number of carbonyl (C=O) groups excluding carboxylic acids is 4. The predicted octanol–water partition coefficient (Wildman–Crippen LogP) is 0.850. The molecule has 4 amide bonds. The second kappa shape index (κ2) is 10.1. The zero-order valence-corrected chi connectivity index (χ0v) is 17.7. The number of benzene rings is 1. The molecule has 0 bridgehead atoms. The molecule has 30 heavy (non-hydrogen) atoms. The van der Waals surface area contributed by atoms with Gasteiger partial charge in [0, 0.05) is 0 Å². The van der Waals surface area contributed by atoms with Crippen LogP contribution in [0, 0.1) is 11.8 Å². The van der Waals surface area contributed by atoms with E-state index in [1.54, 1.807) is 31.2 Å². The fourth-order valence-corrected chi connectivity index (χ4v) is 3.27. The van der Waals surface area contributed by atoms with Crippen molar-refractivity contribution < 1.29 is 24.3 Å². The van der Waals surface area contributed by atoms with Crippen LogP contribution >= 0.6 is 0 Å². The summed E-state index contributed by atoms with van der Waals surface area (Å²) >= 11 is 0. The van der Waals surface area contributed by atoms with E-state index in [2.05, 4.69) is 16.0 Å². The number of nitrogens with one attached hydrogen (secondary N) is 3. The molecule has 0 radical (unpaired) electrons. The monoisotopic (exact) mass is 417 g/mol. The van der Waals surface area contributed by atoms with Gasteiger partial charge in [-0.25, -0.2) is 4.79 Å². The van der Waals surface area contributed by atoms with Gasteiger partial charge >= 0.3 is 6.03 Å². The Kier molecular flexibility index (Phi) is 7.79. The number of para-hydroxylation sites is 2. The van der Waals surface area contributed by atoms with Crippen LogP contribution in [0.5, 0.6) is 0 Å². The maximum atomic E-state index is 12.9. The lowest BCUT2D eigenvalue weighted by Gasteiger charge is -2.32. The van der Waals surface area contributed by atoms with Crippen molar-refractivity contribution in [2.24, 2.45) is 11.8 Å². The van der Waals surface area contributed by atoms with Gasteiger partial charge in [0.1, 0.15) is 12.6 Å². The molecule has 1 heterocycles. The first kappa shape index (κ1) is 23.2. The van der Waals surface area contributed by atoms with Gasteiger partial charge in [-0.2, -0.15) is 0 Å². The van der Waals surface area contributed by atoms with Gasteiger partial charge in [0.05, 0.1) is 23.4 Å². The first-order valence-corrected chi connectivity index (χ1v) is 10.1. The number of aliphatic carboxylic acids is 1. The minimum absolute atomic E-state index is 0.0583. The molecular weight excluding hydrogens is 388 g/mol. The number of hydrogen-bond acceptors (Lipinski definition) is 5. The van der Waals surface area contributed by atoms with Crippen molar-refractivity contribution in [3.63, 3.8) is 0 Å². The van der Waals surface area contributed by atoms with Crippen molar-refractivity contribution in [3.05, 3.63) is 24.3 Å². The number of hydrogen-bond donors (Lipinski definition) is 3. The van der Waals surface area contributed by atoms with E-state index in [9.17, 15) is 24.3 Å². The van der Waals surface area contributed by atoms with Gasteiger partial charge in [0.2, 0.25) is 11.8 Å². The molecule has 3 atom stereocenters. The quantitative estimate of drug-likeness (QED) is 0.577. The SMILES string of the molecule is CC[C@@H](C)[C@H](NC(=O)[C@H](CC(C)C)NC(=O)N1CC(=O)Nc2ccccc21)C(=O)[O-]. The van der Waals surface area contributed by atoms with Crippen LogP contribution in [0.3, 0.4) is 0 Å². The van der Waals surface area contributed by atoms with Crippen molar-refractivity contribution in [3.8, 4) is 0 Å². The molecule has 0 aliphatic carbocycles. The molecule has 0 aromatic heterocycles. The van der Waals surface area contributed by atoms with Crippen molar-refractivity contribution in [2.75, 3.05) is 16.8 Å². The average molecular weight is 417 g/mol. The second-order valence-corrected chi connectivity index (χ2v) is 7.97. The molecule has 9 nitrogen and oxygen atoms in total. The molecule has 0 fully saturated rings. The molecule has 0 saturated heterocycles. The Hall–Kier alpha value is -3.10. The minimum Gasteiger partial charge on any atom is -0.548 e. The lowest BCUT2D eigenvalue weighted by atomic mass is 9.97. The van der Waals surface area contributed by atoms with E-state index < -0.39 is 30.0 Å². The van der Waals surface area contributed by atoms with Crippen LogP contribution in [-0.4, -0.2) is 42.4 Å². The maximum Gasteiger partial charge on any atom is 0.323 e. The second-order valence-electron chi connectivity index (χ2n) is 7.97. The summed E-state index contributed by atoms with van der Waals surface area (Å²) in [6.45, 7) is 7.12. The molecule has 1 aliphatic heterocycles. The Morgan fingerprint density at radius 3 is 2.43 bits per heavy atom. The summed E-state index contributed by atoms with van der Waals surface area (Å²) in [4.78, 5) is 50.5. The number of rotatable bonds is 8. The van der Waals surface area contributed by atoms with Gasteiger partial charge in [-0.3, -0.25) is 14.5 Å². The van der Waals surface area contributed by atoms with E-state index in [1.165, 1.54) is 4.90 Å². The molecule has 1 aromatic carbocycles. The summed E-state index contributed by atoms with van der Waals surface area (Å²) < 4.78 is 0. The number of carboxylic acid groups (broad SMARTS) is 1. The highest BCUT2D eigenvalue weighted by molar-refractivity contribution is 6.10. The molecule has 2 rings (SSSR count). The lowest BCUT2D eigenvalue weighted by Crippen LogP contribution is -2.58. The molecule has 1 aliphatic rings. The number of nitrogens with zero attached hydrogens (tertiary/aromatic N) is 1. The minimum atomic E-state index is -1.37. The Morgan fingerprint density at radius 1 is 1.17 bits per heavy atom. The highest BCUT2D eigenvalue weighted by Gasteiger charge is 2.31. The van der Waals surface area contributed by atoms with Gasteiger partial charge in [-0.1, -0.05) is 46.2 Å². The molecule has 0 spiro atoms. The third kappa shape index (κ3) is 5.71. The smallest absolute Gasteiger partial charge is 0.323 e. The van der Waals surface area contributed by atoms with Gasteiger partial charge in [0.15, 0.2) is 0 Å². The molecule has 3 N–H and O–H groups in total. The van der Waals surface area contributed by atoms with Crippen LogP contribution in [0.4, 0.5) is 16.2 Å². The molecule has 9 heteroatoms. The maximum absolute atomic E-state index is 12.9.